The van der Waals surface area contributed by atoms with E-state index in [1.54, 1.807) is 18.3 Å². The summed E-state index contributed by atoms with van der Waals surface area (Å²) >= 11 is 1.41. The van der Waals surface area contributed by atoms with Crippen LogP contribution in [0.4, 0.5) is 4.39 Å². The number of carbonyl (C=O) groups is 1. The van der Waals surface area contributed by atoms with Crippen LogP contribution in [-0.4, -0.2) is 34.9 Å². The van der Waals surface area contributed by atoms with Gasteiger partial charge in [0.15, 0.2) is 0 Å². The van der Waals surface area contributed by atoms with Crippen LogP contribution in [0.1, 0.15) is 33.6 Å². The molecule has 2 aromatic rings. The molecule has 0 bridgehead atoms. The molecule has 4 nitrogen and oxygen atoms in total. The Morgan fingerprint density at radius 1 is 1.43 bits per heavy atom. The Morgan fingerprint density at radius 2 is 2.17 bits per heavy atom. The Kier molecular flexibility index (Phi) is 4.73. The van der Waals surface area contributed by atoms with Gasteiger partial charge in [0.25, 0.3) is 5.91 Å². The third-order valence-corrected chi connectivity index (χ3v) is 5.27. The predicted octanol–water partition coefficient (Wildman–Crippen LogP) is 2.68. The number of rotatable bonds is 4. The summed E-state index contributed by atoms with van der Waals surface area (Å²) in [5, 5.41) is 0.863. The zero-order valence-corrected chi connectivity index (χ0v) is 13.9. The van der Waals surface area contributed by atoms with Crippen LogP contribution in [0.15, 0.2) is 30.5 Å². The number of hydrogen-bond donors (Lipinski definition) is 1. The number of likely N-dealkylation sites (tertiary alicyclic amines) is 1. The molecule has 2 unspecified atom stereocenters. The van der Waals surface area contributed by atoms with Crippen LogP contribution in [0.2, 0.25) is 0 Å². The first kappa shape index (κ1) is 16.1. The highest BCUT2D eigenvalue weighted by Gasteiger charge is 2.32. The molecule has 0 spiro atoms. The van der Waals surface area contributed by atoms with Crippen molar-refractivity contribution in [3.63, 3.8) is 0 Å². The largest absolute Gasteiger partial charge is 0.335 e. The van der Waals surface area contributed by atoms with E-state index in [-0.39, 0.29) is 17.8 Å². The second kappa shape index (κ2) is 6.76. The molecule has 1 aliphatic heterocycles. The Bertz CT molecular complexity index is 685. The standard InChI is InChI=1S/C17H20FN3OS/c1-11-6-13(8-19)10-21(11)17(22)15-9-20-16(23-15)7-12-2-4-14(18)5-3-12/h2-5,9,11,13H,6-8,10,19H2,1H3. The van der Waals surface area contributed by atoms with E-state index in [1.165, 1.54) is 23.5 Å². The minimum absolute atomic E-state index is 0.0382. The number of thiazole rings is 1. The van der Waals surface area contributed by atoms with E-state index in [4.69, 9.17) is 5.73 Å². The lowest BCUT2D eigenvalue weighted by atomic mass is 10.1. The Balaban J connectivity index is 1.69. The van der Waals surface area contributed by atoms with Crippen LogP contribution in [-0.2, 0) is 6.42 Å². The molecule has 0 radical (unpaired) electrons. The smallest absolute Gasteiger partial charge is 0.265 e. The fourth-order valence-corrected chi connectivity index (χ4v) is 3.91. The number of nitrogens with zero attached hydrogens (tertiary/aromatic N) is 2. The molecular weight excluding hydrogens is 313 g/mol. The van der Waals surface area contributed by atoms with E-state index in [9.17, 15) is 9.18 Å². The Morgan fingerprint density at radius 3 is 2.83 bits per heavy atom. The van der Waals surface area contributed by atoms with Gasteiger partial charge in [0.05, 0.1) is 11.2 Å². The molecule has 2 N–H and O–H groups in total. The maximum atomic E-state index is 12.9. The van der Waals surface area contributed by atoms with Crippen LogP contribution >= 0.6 is 11.3 Å². The summed E-state index contributed by atoms with van der Waals surface area (Å²) in [6, 6.07) is 6.58. The molecule has 1 fully saturated rings. The van der Waals surface area contributed by atoms with E-state index in [1.807, 2.05) is 4.90 Å². The van der Waals surface area contributed by atoms with Gasteiger partial charge in [0, 0.05) is 19.0 Å². The number of aromatic nitrogens is 1. The van der Waals surface area contributed by atoms with E-state index < -0.39 is 0 Å². The summed E-state index contributed by atoms with van der Waals surface area (Å²) in [7, 11) is 0. The van der Waals surface area contributed by atoms with Crippen molar-refractivity contribution in [1.29, 1.82) is 0 Å². The van der Waals surface area contributed by atoms with Gasteiger partial charge < -0.3 is 10.6 Å². The van der Waals surface area contributed by atoms with Gasteiger partial charge in [0.2, 0.25) is 0 Å². The number of hydrogen-bond acceptors (Lipinski definition) is 4. The second-order valence-corrected chi connectivity index (χ2v) is 7.18. The first-order valence-corrected chi connectivity index (χ1v) is 8.58. The maximum Gasteiger partial charge on any atom is 0.265 e. The van der Waals surface area contributed by atoms with E-state index >= 15 is 0 Å². The van der Waals surface area contributed by atoms with Gasteiger partial charge in [-0.05, 0) is 43.5 Å². The van der Waals surface area contributed by atoms with Gasteiger partial charge in [-0.25, -0.2) is 9.37 Å². The zero-order chi connectivity index (χ0) is 16.4. The van der Waals surface area contributed by atoms with Gasteiger partial charge in [-0.15, -0.1) is 11.3 Å². The molecule has 2 atom stereocenters. The third kappa shape index (κ3) is 3.59. The molecule has 3 rings (SSSR count). The van der Waals surface area contributed by atoms with E-state index in [2.05, 4.69) is 11.9 Å². The number of carbonyl (C=O) groups excluding carboxylic acids is 1. The molecule has 1 aromatic carbocycles. The van der Waals surface area contributed by atoms with Crippen LogP contribution in [0, 0.1) is 11.7 Å². The highest BCUT2D eigenvalue weighted by atomic mass is 32.1. The van der Waals surface area contributed by atoms with Gasteiger partial charge in [-0.1, -0.05) is 12.1 Å². The summed E-state index contributed by atoms with van der Waals surface area (Å²) in [5.74, 6) is 0.179. The Labute approximate surface area is 139 Å². The molecule has 1 amide bonds. The summed E-state index contributed by atoms with van der Waals surface area (Å²) in [4.78, 5) is 19.5. The first-order chi connectivity index (χ1) is 11.1. The molecule has 23 heavy (non-hydrogen) atoms. The number of nitrogens with two attached hydrogens (primary N) is 1. The molecular formula is C17H20FN3OS. The average molecular weight is 333 g/mol. The molecule has 6 heteroatoms. The van der Waals surface area contributed by atoms with Crippen LogP contribution in [0.5, 0.6) is 0 Å². The van der Waals surface area contributed by atoms with Crippen molar-refractivity contribution >= 4 is 17.2 Å². The van der Waals surface area contributed by atoms with Crippen molar-refractivity contribution in [3.8, 4) is 0 Å². The van der Waals surface area contributed by atoms with Gasteiger partial charge in [0.1, 0.15) is 10.7 Å². The van der Waals surface area contributed by atoms with Crippen LogP contribution < -0.4 is 5.73 Å². The Hall–Kier alpha value is -1.79. The number of benzene rings is 1. The van der Waals surface area contributed by atoms with Crippen LogP contribution in [0.25, 0.3) is 0 Å². The first-order valence-electron chi connectivity index (χ1n) is 7.77. The average Bonchev–Trinajstić information content (AvgIpc) is 3.15. The molecule has 0 saturated carbocycles. The predicted molar refractivity (Wildman–Crippen MR) is 89.0 cm³/mol. The highest BCUT2D eigenvalue weighted by Crippen LogP contribution is 2.26. The van der Waals surface area contributed by atoms with Crippen molar-refractivity contribution in [2.75, 3.05) is 13.1 Å². The van der Waals surface area contributed by atoms with Crippen molar-refractivity contribution in [2.24, 2.45) is 11.7 Å². The van der Waals surface area contributed by atoms with Gasteiger partial charge in [-0.3, -0.25) is 4.79 Å². The lowest BCUT2D eigenvalue weighted by Crippen LogP contribution is -2.33. The summed E-state index contributed by atoms with van der Waals surface area (Å²) in [6.45, 7) is 3.41. The molecule has 122 valence electrons. The number of amides is 1. The topological polar surface area (TPSA) is 59.2 Å². The van der Waals surface area contributed by atoms with Gasteiger partial charge in [-0.2, -0.15) is 0 Å². The summed E-state index contributed by atoms with van der Waals surface area (Å²) in [5.41, 5.74) is 6.71. The van der Waals surface area contributed by atoms with Crippen molar-refractivity contribution in [3.05, 3.63) is 51.7 Å². The van der Waals surface area contributed by atoms with E-state index in [0.717, 1.165) is 23.5 Å². The lowest BCUT2D eigenvalue weighted by Gasteiger charge is -2.20. The minimum Gasteiger partial charge on any atom is -0.335 e. The molecule has 1 saturated heterocycles. The third-order valence-electron chi connectivity index (χ3n) is 4.29. The molecule has 1 aliphatic rings. The fraction of sp³-hybridized carbons (Fsp3) is 0.412. The van der Waals surface area contributed by atoms with Gasteiger partial charge >= 0.3 is 0 Å². The van der Waals surface area contributed by atoms with Crippen molar-refractivity contribution in [1.82, 2.24) is 9.88 Å². The fourth-order valence-electron chi connectivity index (χ4n) is 3.01. The van der Waals surface area contributed by atoms with Crippen molar-refractivity contribution < 1.29 is 9.18 Å². The monoisotopic (exact) mass is 333 g/mol. The van der Waals surface area contributed by atoms with Crippen LogP contribution in [0.3, 0.4) is 0 Å². The van der Waals surface area contributed by atoms with Crippen molar-refractivity contribution in [2.45, 2.75) is 25.8 Å². The minimum atomic E-state index is -0.249. The molecule has 2 heterocycles. The highest BCUT2D eigenvalue weighted by molar-refractivity contribution is 7.13. The quantitative estimate of drug-likeness (QED) is 0.936. The zero-order valence-electron chi connectivity index (χ0n) is 13.0. The SMILES string of the molecule is CC1CC(CN)CN1C(=O)c1cnc(Cc2ccc(F)cc2)s1. The normalized spacial score (nSPS) is 20.9. The maximum absolute atomic E-state index is 12.9. The molecule has 1 aromatic heterocycles. The molecule has 0 aliphatic carbocycles. The lowest BCUT2D eigenvalue weighted by molar-refractivity contribution is 0.0748. The number of halogens is 1. The van der Waals surface area contributed by atoms with E-state index in [0.29, 0.717) is 23.8 Å². The second-order valence-electron chi connectivity index (χ2n) is 6.07. The summed E-state index contributed by atoms with van der Waals surface area (Å²) in [6.07, 6.45) is 3.22. The summed E-state index contributed by atoms with van der Waals surface area (Å²) < 4.78 is 12.9.